The van der Waals surface area contributed by atoms with E-state index in [4.69, 9.17) is 5.73 Å². The van der Waals surface area contributed by atoms with Crippen LogP contribution in [0, 0.1) is 24.6 Å². The maximum Gasteiger partial charge on any atom is 0.217 e. The van der Waals surface area contributed by atoms with E-state index in [0.29, 0.717) is 6.42 Å². The van der Waals surface area contributed by atoms with Crippen LogP contribution in [0.15, 0.2) is 61.2 Å². The molecule has 0 heterocycles. The van der Waals surface area contributed by atoms with Crippen molar-refractivity contribution in [3.63, 3.8) is 0 Å². The average Bonchev–Trinajstić information content (AvgIpc) is 2.68. The number of aryl methyl sites for hydroxylation is 1. The van der Waals surface area contributed by atoms with Crippen LogP contribution in [0.4, 0.5) is 4.39 Å². The van der Waals surface area contributed by atoms with Gasteiger partial charge in [-0.25, -0.2) is 4.39 Å². The van der Waals surface area contributed by atoms with E-state index in [2.05, 4.69) is 44.7 Å². The van der Waals surface area contributed by atoms with Gasteiger partial charge < -0.3 is 5.73 Å². The van der Waals surface area contributed by atoms with Gasteiger partial charge in [-0.15, -0.1) is 6.58 Å². The summed E-state index contributed by atoms with van der Waals surface area (Å²) in [6.45, 7) is 10.3. The summed E-state index contributed by atoms with van der Waals surface area (Å²) in [5, 5.41) is 0. The van der Waals surface area contributed by atoms with Crippen molar-refractivity contribution in [1.29, 1.82) is 0 Å². The highest BCUT2D eigenvalue weighted by atomic mass is 19.1. The lowest BCUT2D eigenvalue weighted by molar-refractivity contribution is -0.119. The van der Waals surface area contributed by atoms with Crippen LogP contribution in [0.25, 0.3) is 5.57 Å². The molecule has 1 amide bonds. The van der Waals surface area contributed by atoms with Crippen LogP contribution >= 0.6 is 0 Å². The Morgan fingerprint density at radius 3 is 2.41 bits per heavy atom. The Morgan fingerprint density at radius 2 is 1.83 bits per heavy atom. The van der Waals surface area contributed by atoms with Crippen molar-refractivity contribution < 1.29 is 9.18 Å². The van der Waals surface area contributed by atoms with E-state index in [0.717, 1.165) is 36.0 Å². The summed E-state index contributed by atoms with van der Waals surface area (Å²) in [5.74, 6) is -0.202. The summed E-state index contributed by atoms with van der Waals surface area (Å²) in [5.41, 5.74) is 11.1. The van der Waals surface area contributed by atoms with Crippen molar-refractivity contribution in [3.05, 3.63) is 89.3 Å². The molecule has 2 aromatic carbocycles. The van der Waals surface area contributed by atoms with Crippen molar-refractivity contribution in [2.45, 2.75) is 46.5 Å². The van der Waals surface area contributed by atoms with Crippen molar-refractivity contribution in [3.8, 4) is 0 Å². The molecule has 2 rings (SSSR count). The SMILES string of the molecule is C=CC(Cc1cc(C(=CCCC)c2ccc(F)cc2)ccc1C)C(C)CC(N)=O. The number of amides is 1. The highest BCUT2D eigenvalue weighted by Crippen LogP contribution is 2.29. The Bertz CT molecular complexity index is 867. The molecule has 0 aliphatic heterocycles. The zero-order valence-electron chi connectivity index (χ0n) is 17.7. The zero-order valence-corrected chi connectivity index (χ0v) is 17.7. The predicted molar refractivity (Wildman–Crippen MR) is 120 cm³/mol. The van der Waals surface area contributed by atoms with E-state index >= 15 is 0 Å². The third-order valence-corrected chi connectivity index (χ3v) is 5.46. The molecule has 2 N–H and O–H groups in total. The van der Waals surface area contributed by atoms with Gasteiger partial charge in [0.15, 0.2) is 0 Å². The van der Waals surface area contributed by atoms with Gasteiger partial charge in [0.05, 0.1) is 0 Å². The molecule has 0 radical (unpaired) electrons. The zero-order chi connectivity index (χ0) is 21.4. The fourth-order valence-electron chi connectivity index (χ4n) is 3.62. The van der Waals surface area contributed by atoms with E-state index in [9.17, 15) is 9.18 Å². The number of primary amides is 1. The van der Waals surface area contributed by atoms with Crippen LogP contribution in [-0.2, 0) is 11.2 Å². The van der Waals surface area contributed by atoms with E-state index in [1.807, 2.05) is 25.1 Å². The van der Waals surface area contributed by atoms with Gasteiger partial charge in [0, 0.05) is 6.42 Å². The van der Waals surface area contributed by atoms with Gasteiger partial charge in [-0.1, -0.05) is 62.8 Å². The summed E-state index contributed by atoms with van der Waals surface area (Å²) in [4.78, 5) is 11.3. The topological polar surface area (TPSA) is 43.1 Å². The summed E-state index contributed by atoms with van der Waals surface area (Å²) in [6, 6.07) is 13.1. The second-order valence-corrected chi connectivity index (χ2v) is 7.81. The normalized spacial score (nSPS) is 13.7. The van der Waals surface area contributed by atoms with Crippen LogP contribution in [0.1, 0.15) is 55.4 Å². The second-order valence-electron chi connectivity index (χ2n) is 7.81. The van der Waals surface area contributed by atoms with Gasteiger partial charge in [-0.2, -0.15) is 0 Å². The highest BCUT2D eigenvalue weighted by Gasteiger charge is 2.18. The monoisotopic (exact) mass is 393 g/mol. The quantitative estimate of drug-likeness (QED) is 0.478. The molecule has 2 aromatic rings. The Kier molecular flexibility index (Phi) is 8.38. The van der Waals surface area contributed by atoms with Crippen LogP contribution in [0.5, 0.6) is 0 Å². The number of halogens is 1. The minimum absolute atomic E-state index is 0.139. The molecule has 2 atom stereocenters. The Balaban J connectivity index is 2.39. The lowest BCUT2D eigenvalue weighted by Crippen LogP contribution is -2.21. The minimum Gasteiger partial charge on any atom is -0.370 e. The van der Waals surface area contributed by atoms with E-state index in [1.54, 1.807) is 0 Å². The molecule has 0 fully saturated rings. The number of nitrogens with two attached hydrogens (primary N) is 1. The molecule has 0 aromatic heterocycles. The molecule has 2 nitrogen and oxygen atoms in total. The fourth-order valence-corrected chi connectivity index (χ4v) is 3.62. The molecule has 3 heteroatoms. The Labute approximate surface area is 174 Å². The number of hydrogen-bond acceptors (Lipinski definition) is 1. The van der Waals surface area contributed by atoms with Crippen LogP contribution in [0.3, 0.4) is 0 Å². The first kappa shape index (κ1) is 22.6. The fraction of sp³-hybridized carbons (Fsp3) is 0.346. The lowest BCUT2D eigenvalue weighted by Gasteiger charge is -2.21. The summed E-state index contributed by atoms with van der Waals surface area (Å²) >= 11 is 0. The first-order chi connectivity index (χ1) is 13.8. The molecule has 0 spiro atoms. The number of unbranched alkanes of at least 4 members (excludes halogenated alkanes) is 1. The molecule has 0 saturated carbocycles. The third-order valence-electron chi connectivity index (χ3n) is 5.46. The molecule has 0 saturated heterocycles. The average molecular weight is 394 g/mol. The summed E-state index contributed by atoms with van der Waals surface area (Å²) < 4.78 is 13.4. The van der Waals surface area contributed by atoms with Gasteiger partial charge in [0.25, 0.3) is 0 Å². The van der Waals surface area contributed by atoms with E-state index in [-0.39, 0.29) is 23.6 Å². The molecular formula is C26H32FNO. The van der Waals surface area contributed by atoms with Crippen LogP contribution in [0.2, 0.25) is 0 Å². The summed E-state index contributed by atoms with van der Waals surface area (Å²) in [6.07, 6.45) is 7.32. The van der Waals surface area contributed by atoms with E-state index < -0.39 is 0 Å². The highest BCUT2D eigenvalue weighted by molar-refractivity contribution is 5.80. The van der Waals surface area contributed by atoms with Gasteiger partial charge >= 0.3 is 0 Å². The maximum absolute atomic E-state index is 13.4. The maximum atomic E-state index is 13.4. The van der Waals surface area contributed by atoms with Gasteiger partial charge in [-0.05, 0) is 71.6 Å². The standard InChI is InChI=1S/C26H32FNO/c1-5-7-8-25(21-11-13-24(27)14-12-21)22-10-9-18(3)23(17-22)16-20(6-2)19(4)15-26(28)29/h6,8-14,17,19-20H,2,5,7,15-16H2,1,3-4H3,(H2,28,29). The van der Waals surface area contributed by atoms with Gasteiger partial charge in [-0.3, -0.25) is 4.79 Å². The lowest BCUT2D eigenvalue weighted by atomic mass is 9.83. The van der Waals surface area contributed by atoms with Crippen LogP contribution in [-0.4, -0.2) is 5.91 Å². The van der Waals surface area contributed by atoms with Crippen LogP contribution < -0.4 is 5.73 Å². The molecule has 0 aliphatic rings. The molecule has 2 unspecified atom stereocenters. The second kappa shape index (κ2) is 10.8. The number of hydrogen-bond donors (Lipinski definition) is 1. The van der Waals surface area contributed by atoms with Crippen molar-refractivity contribution in [2.75, 3.05) is 0 Å². The van der Waals surface area contributed by atoms with Crippen molar-refractivity contribution in [2.24, 2.45) is 17.6 Å². The number of rotatable bonds is 10. The number of benzene rings is 2. The Hall–Kier alpha value is -2.68. The number of carbonyl (C=O) groups is 1. The molecule has 154 valence electrons. The van der Waals surface area contributed by atoms with Crippen molar-refractivity contribution in [1.82, 2.24) is 0 Å². The minimum atomic E-state index is -0.282. The summed E-state index contributed by atoms with van der Waals surface area (Å²) in [7, 11) is 0. The molecule has 0 aliphatic carbocycles. The first-order valence-electron chi connectivity index (χ1n) is 10.3. The Morgan fingerprint density at radius 1 is 1.17 bits per heavy atom. The first-order valence-corrected chi connectivity index (χ1v) is 10.3. The third kappa shape index (κ3) is 6.42. The largest absolute Gasteiger partial charge is 0.370 e. The van der Waals surface area contributed by atoms with Gasteiger partial charge in [0.2, 0.25) is 5.91 Å². The van der Waals surface area contributed by atoms with Gasteiger partial charge in [0.1, 0.15) is 5.82 Å². The smallest absolute Gasteiger partial charge is 0.217 e. The van der Waals surface area contributed by atoms with E-state index in [1.165, 1.54) is 23.3 Å². The number of carbonyl (C=O) groups excluding carboxylic acids is 1. The molecular weight excluding hydrogens is 361 g/mol. The predicted octanol–water partition coefficient (Wildman–Crippen LogP) is 6.22. The van der Waals surface area contributed by atoms with Crippen molar-refractivity contribution >= 4 is 11.5 Å². The molecule has 0 bridgehead atoms. The number of allylic oxidation sites excluding steroid dienone is 2. The molecule has 29 heavy (non-hydrogen) atoms.